The summed E-state index contributed by atoms with van der Waals surface area (Å²) < 4.78 is 0. The van der Waals surface area contributed by atoms with Crippen LogP contribution in [0, 0.1) is 0 Å². The molecule has 1 aromatic carbocycles. The van der Waals surface area contributed by atoms with Gasteiger partial charge in [0.2, 0.25) is 0 Å². The molecule has 3 aromatic rings. The van der Waals surface area contributed by atoms with E-state index in [1.807, 2.05) is 18.5 Å². The van der Waals surface area contributed by atoms with Crippen molar-refractivity contribution in [2.24, 2.45) is 0 Å². The zero-order valence-electron chi connectivity index (χ0n) is 17.8. The number of hydrogen-bond acceptors (Lipinski definition) is 5. The van der Waals surface area contributed by atoms with Crippen molar-refractivity contribution in [1.82, 2.24) is 24.8 Å². The van der Waals surface area contributed by atoms with E-state index < -0.39 is 0 Å². The molecule has 2 aromatic heterocycles. The van der Waals surface area contributed by atoms with Gasteiger partial charge in [-0.15, -0.1) is 0 Å². The van der Waals surface area contributed by atoms with Crippen LogP contribution in [0.1, 0.15) is 47.0 Å². The van der Waals surface area contributed by atoms with Crippen molar-refractivity contribution in [1.29, 1.82) is 0 Å². The molecule has 0 bridgehead atoms. The maximum Gasteiger partial charge on any atom is 0.255 e. The van der Waals surface area contributed by atoms with E-state index in [9.17, 15) is 4.79 Å². The van der Waals surface area contributed by atoms with Gasteiger partial charge in [0.25, 0.3) is 5.56 Å². The number of H-pyrrole nitrogens is 1. The van der Waals surface area contributed by atoms with Crippen LogP contribution in [0.5, 0.6) is 0 Å². The summed E-state index contributed by atoms with van der Waals surface area (Å²) in [5, 5.41) is 0. The van der Waals surface area contributed by atoms with Crippen LogP contribution in [0.25, 0.3) is 0 Å². The van der Waals surface area contributed by atoms with Gasteiger partial charge in [0.15, 0.2) is 0 Å². The molecule has 1 fully saturated rings. The predicted octanol–water partition coefficient (Wildman–Crippen LogP) is 3.10. The van der Waals surface area contributed by atoms with Gasteiger partial charge < -0.3 is 4.98 Å². The third kappa shape index (κ3) is 4.75. The molecule has 2 aliphatic rings. The zero-order chi connectivity index (χ0) is 21.0. The van der Waals surface area contributed by atoms with Gasteiger partial charge in [0, 0.05) is 50.9 Å². The largest absolute Gasteiger partial charge is 0.310 e. The van der Waals surface area contributed by atoms with Gasteiger partial charge in [0.05, 0.1) is 11.3 Å². The summed E-state index contributed by atoms with van der Waals surface area (Å²) in [4.78, 5) is 29.9. The second-order valence-electron chi connectivity index (χ2n) is 8.73. The lowest BCUT2D eigenvalue weighted by Gasteiger charge is -2.32. The molecule has 31 heavy (non-hydrogen) atoms. The van der Waals surface area contributed by atoms with E-state index in [1.165, 1.54) is 11.1 Å². The number of pyridine rings is 1. The molecule has 2 aliphatic heterocycles. The fraction of sp³-hybridized carbons (Fsp3) is 0.400. The lowest BCUT2D eigenvalue weighted by atomic mass is 9.95. The average Bonchev–Trinajstić information content (AvgIpc) is 2.81. The Labute approximate surface area is 183 Å². The molecule has 0 saturated carbocycles. The first-order chi connectivity index (χ1) is 15.2. The Morgan fingerprint density at radius 3 is 2.39 bits per heavy atom. The second kappa shape index (κ2) is 9.12. The normalized spacial score (nSPS) is 18.1. The standard InChI is InChI=1S/C25H29N5O/c31-25-22-18-30(17-19-4-2-1-3-5-19)15-10-23(22)27-24(28-25)21-8-13-29(14-9-21)16-20-6-11-26-12-7-20/h1-7,11-12,21H,8-10,13-18H2,(H,27,28,31). The quantitative estimate of drug-likeness (QED) is 0.694. The van der Waals surface area contributed by atoms with Crippen molar-refractivity contribution < 1.29 is 0 Å². The highest BCUT2D eigenvalue weighted by atomic mass is 16.1. The Hall–Kier alpha value is -2.83. The molecule has 0 unspecified atom stereocenters. The van der Waals surface area contributed by atoms with Gasteiger partial charge in [-0.25, -0.2) is 4.98 Å². The van der Waals surface area contributed by atoms with Crippen LogP contribution in [0.15, 0.2) is 59.7 Å². The number of hydrogen-bond donors (Lipinski definition) is 1. The van der Waals surface area contributed by atoms with Crippen molar-refractivity contribution in [3.63, 3.8) is 0 Å². The monoisotopic (exact) mass is 415 g/mol. The number of piperidine rings is 1. The second-order valence-corrected chi connectivity index (χ2v) is 8.73. The maximum absolute atomic E-state index is 12.9. The van der Waals surface area contributed by atoms with Crippen molar-refractivity contribution in [2.75, 3.05) is 19.6 Å². The van der Waals surface area contributed by atoms with Crippen molar-refractivity contribution in [3.05, 3.63) is 93.4 Å². The Bertz CT molecular complexity index is 1060. The molecule has 0 spiro atoms. The molecule has 1 N–H and O–H groups in total. The third-order valence-electron chi connectivity index (χ3n) is 6.54. The van der Waals surface area contributed by atoms with E-state index in [0.717, 1.165) is 69.1 Å². The van der Waals surface area contributed by atoms with Crippen LogP contribution in [-0.2, 0) is 26.1 Å². The van der Waals surface area contributed by atoms with Crippen LogP contribution in [0.3, 0.4) is 0 Å². The van der Waals surface area contributed by atoms with Crippen LogP contribution in [0.2, 0.25) is 0 Å². The van der Waals surface area contributed by atoms with Crippen molar-refractivity contribution >= 4 is 0 Å². The summed E-state index contributed by atoms with van der Waals surface area (Å²) in [6, 6.07) is 14.6. The smallest absolute Gasteiger partial charge is 0.255 e. The van der Waals surface area contributed by atoms with E-state index in [1.54, 1.807) is 0 Å². The summed E-state index contributed by atoms with van der Waals surface area (Å²) >= 11 is 0. The number of aromatic amines is 1. The molecular weight excluding hydrogens is 386 g/mol. The molecule has 0 atom stereocenters. The van der Waals surface area contributed by atoms with E-state index >= 15 is 0 Å². The summed E-state index contributed by atoms with van der Waals surface area (Å²) in [5.74, 6) is 1.23. The Morgan fingerprint density at radius 2 is 1.61 bits per heavy atom. The average molecular weight is 416 g/mol. The summed E-state index contributed by atoms with van der Waals surface area (Å²) in [6.07, 6.45) is 6.62. The fourth-order valence-corrected chi connectivity index (χ4v) is 4.78. The molecule has 6 heteroatoms. The molecule has 1 saturated heterocycles. The Kier molecular flexibility index (Phi) is 5.91. The number of likely N-dealkylation sites (tertiary alicyclic amines) is 1. The number of nitrogens with one attached hydrogen (secondary N) is 1. The Morgan fingerprint density at radius 1 is 0.903 bits per heavy atom. The lowest BCUT2D eigenvalue weighted by molar-refractivity contribution is 0.200. The van der Waals surface area contributed by atoms with Gasteiger partial charge >= 0.3 is 0 Å². The highest BCUT2D eigenvalue weighted by molar-refractivity contribution is 5.23. The molecular formula is C25H29N5O. The van der Waals surface area contributed by atoms with E-state index in [-0.39, 0.29) is 5.56 Å². The predicted molar refractivity (Wildman–Crippen MR) is 121 cm³/mol. The van der Waals surface area contributed by atoms with Crippen LogP contribution in [0.4, 0.5) is 0 Å². The van der Waals surface area contributed by atoms with Crippen molar-refractivity contribution in [2.45, 2.75) is 44.8 Å². The van der Waals surface area contributed by atoms with Gasteiger partial charge in [-0.1, -0.05) is 30.3 Å². The number of nitrogens with zero attached hydrogens (tertiary/aromatic N) is 4. The summed E-state index contributed by atoms with van der Waals surface area (Å²) in [7, 11) is 0. The minimum Gasteiger partial charge on any atom is -0.310 e. The van der Waals surface area contributed by atoms with Gasteiger partial charge in [0.1, 0.15) is 5.82 Å². The molecule has 0 amide bonds. The van der Waals surface area contributed by atoms with Crippen LogP contribution in [-0.4, -0.2) is 44.4 Å². The topological polar surface area (TPSA) is 65.1 Å². The molecule has 0 radical (unpaired) electrons. The number of aromatic nitrogens is 3. The lowest BCUT2D eigenvalue weighted by Crippen LogP contribution is -2.37. The van der Waals surface area contributed by atoms with Crippen molar-refractivity contribution in [3.8, 4) is 0 Å². The van der Waals surface area contributed by atoms with E-state index in [4.69, 9.17) is 4.98 Å². The van der Waals surface area contributed by atoms with E-state index in [2.05, 4.69) is 56.2 Å². The van der Waals surface area contributed by atoms with E-state index in [0.29, 0.717) is 12.5 Å². The molecule has 0 aliphatic carbocycles. The van der Waals surface area contributed by atoms with Gasteiger partial charge in [-0.3, -0.25) is 19.6 Å². The first-order valence-electron chi connectivity index (χ1n) is 11.2. The highest BCUT2D eigenvalue weighted by Gasteiger charge is 2.26. The molecule has 5 rings (SSSR count). The number of rotatable bonds is 5. The van der Waals surface area contributed by atoms with Crippen LogP contribution < -0.4 is 5.56 Å². The summed E-state index contributed by atoms with van der Waals surface area (Å²) in [6.45, 7) is 5.51. The number of fused-ring (bicyclic) bond motifs is 1. The molecule has 160 valence electrons. The minimum absolute atomic E-state index is 0.0528. The highest BCUT2D eigenvalue weighted by Crippen LogP contribution is 2.27. The minimum atomic E-state index is 0.0528. The van der Waals surface area contributed by atoms with Crippen LogP contribution >= 0.6 is 0 Å². The SMILES string of the molecule is O=c1[nH]c(C2CCN(Cc3ccncc3)CC2)nc2c1CN(Cc1ccccc1)CC2. The third-order valence-corrected chi connectivity index (χ3v) is 6.54. The number of benzene rings is 1. The fourth-order valence-electron chi connectivity index (χ4n) is 4.78. The van der Waals surface area contributed by atoms with Gasteiger partial charge in [-0.2, -0.15) is 0 Å². The zero-order valence-corrected chi connectivity index (χ0v) is 17.8. The molecule has 4 heterocycles. The summed E-state index contributed by atoms with van der Waals surface area (Å²) in [5.41, 5.74) is 4.49. The first kappa shape index (κ1) is 20.1. The first-order valence-corrected chi connectivity index (χ1v) is 11.2. The maximum atomic E-state index is 12.9. The molecule has 6 nitrogen and oxygen atoms in total. The Balaban J connectivity index is 1.22. The van der Waals surface area contributed by atoms with Gasteiger partial charge in [-0.05, 0) is 49.2 Å².